The molecule has 0 aliphatic heterocycles. The van der Waals surface area contributed by atoms with E-state index in [0.717, 1.165) is 27.9 Å². The molecule has 1 heterocycles. The van der Waals surface area contributed by atoms with E-state index in [4.69, 9.17) is 5.73 Å². The first kappa shape index (κ1) is 11.7. The Kier molecular flexibility index (Phi) is 3.07. The van der Waals surface area contributed by atoms with E-state index < -0.39 is 0 Å². The average molecular weight is 352 g/mol. The molecule has 4 nitrogen and oxygen atoms in total. The third-order valence-electron chi connectivity index (χ3n) is 3.22. The zero-order valence-electron chi connectivity index (χ0n) is 9.73. The summed E-state index contributed by atoms with van der Waals surface area (Å²) < 4.78 is 1.04. The van der Waals surface area contributed by atoms with E-state index >= 15 is 0 Å². The number of rotatable bonds is 2. The van der Waals surface area contributed by atoms with E-state index in [1.807, 2.05) is 12.3 Å². The highest BCUT2D eigenvalue weighted by Gasteiger charge is 2.23. The van der Waals surface area contributed by atoms with Crippen LogP contribution >= 0.6 is 22.6 Å². The van der Waals surface area contributed by atoms with Crippen LogP contribution in [0.3, 0.4) is 0 Å². The SMILES string of the molecule is Nc1ccc2c(c1)CCC2Nc1ncncc1I. The third kappa shape index (κ3) is 2.14. The van der Waals surface area contributed by atoms with Gasteiger partial charge in [0.15, 0.2) is 0 Å². The largest absolute Gasteiger partial charge is 0.399 e. The predicted octanol–water partition coefficient (Wildman–Crippen LogP) is 2.76. The highest BCUT2D eigenvalue weighted by Crippen LogP contribution is 2.35. The zero-order chi connectivity index (χ0) is 12.5. The lowest BCUT2D eigenvalue weighted by Crippen LogP contribution is -2.09. The summed E-state index contributed by atoms with van der Waals surface area (Å²) in [6, 6.07) is 6.47. The van der Waals surface area contributed by atoms with Crippen LogP contribution in [0, 0.1) is 3.57 Å². The van der Waals surface area contributed by atoms with Crippen LogP contribution in [0.15, 0.2) is 30.7 Å². The van der Waals surface area contributed by atoms with Gasteiger partial charge in [0, 0.05) is 11.9 Å². The molecule has 3 rings (SSSR count). The van der Waals surface area contributed by atoms with Crippen LogP contribution in [0.2, 0.25) is 0 Å². The van der Waals surface area contributed by atoms with Gasteiger partial charge in [-0.15, -0.1) is 0 Å². The Hall–Kier alpha value is -1.37. The van der Waals surface area contributed by atoms with Crippen LogP contribution in [-0.2, 0) is 6.42 Å². The molecule has 5 heteroatoms. The maximum Gasteiger partial charge on any atom is 0.143 e. The number of hydrogen-bond acceptors (Lipinski definition) is 4. The maximum absolute atomic E-state index is 5.81. The van der Waals surface area contributed by atoms with Crippen molar-refractivity contribution in [2.75, 3.05) is 11.1 Å². The average Bonchev–Trinajstić information content (AvgIpc) is 2.74. The Labute approximate surface area is 119 Å². The van der Waals surface area contributed by atoms with Crippen molar-refractivity contribution >= 4 is 34.1 Å². The number of nitrogens with two attached hydrogens (primary N) is 1. The highest BCUT2D eigenvalue weighted by atomic mass is 127. The van der Waals surface area contributed by atoms with Gasteiger partial charge in [0.1, 0.15) is 12.1 Å². The molecule has 0 amide bonds. The van der Waals surface area contributed by atoms with E-state index in [2.05, 4.69) is 50.0 Å². The molecule has 0 fully saturated rings. The monoisotopic (exact) mass is 352 g/mol. The molecule has 0 saturated carbocycles. The first-order valence-corrected chi connectivity index (χ1v) is 6.92. The Bertz CT molecular complexity index is 585. The van der Waals surface area contributed by atoms with Gasteiger partial charge in [-0.25, -0.2) is 9.97 Å². The van der Waals surface area contributed by atoms with Gasteiger partial charge in [-0.1, -0.05) is 6.07 Å². The number of hydrogen-bond donors (Lipinski definition) is 2. The number of benzene rings is 1. The van der Waals surface area contributed by atoms with Gasteiger partial charge >= 0.3 is 0 Å². The summed E-state index contributed by atoms with van der Waals surface area (Å²) in [5.74, 6) is 0.903. The van der Waals surface area contributed by atoms with Crippen LogP contribution in [0.1, 0.15) is 23.6 Å². The van der Waals surface area contributed by atoms with Crippen LogP contribution in [0.4, 0.5) is 11.5 Å². The molecular formula is C13H13IN4. The Morgan fingerprint density at radius 1 is 1.39 bits per heavy atom. The molecule has 2 aromatic rings. The van der Waals surface area contributed by atoms with E-state index in [1.54, 1.807) is 6.33 Å². The molecular weight excluding hydrogens is 339 g/mol. The number of aromatic nitrogens is 2. The first-order valence-electron chi connectivity index (χ1n) is 5.84. The van der Waals surface area contributed by atoms with Crippen molar-refractivity contribution in [3.05, 3.63) is 45.4 Å². The maximum atomic E-state index is 5.81. The Morgan fingerprint density at radius 3 is 3.11 bits per heavy atom. The molecule has 1 atom stereocenters. The molecule has 1 aromatic carbocycles. The molecule has 0 radical (unpaired) electrons. The number of nitrogens with one attached hydrogen (secondary N) is 1. The van der Waals surface area contributed by atoms with E-state index in [9.17, 15) is 0 Å². The third-order valence-corrected chi connectivity index (χ3v) is 4.01. The van der Waals surface area contributed by atoms with Crippen LogP contribution < -0.4 is 11.1 Å². The zero-order valence-corrected chi connectivity index (χ0v) is 11.9. The minimum absolute atomic E-state index is 0.323. The molecule has 92 valence electrons. The number of nitrogens with zero attached hydrogens (tertiary/aromatic N) is 2. The second-order valence-electron chi connectivity index (χ2n) is 4.41. The fraction of sp³-hybridized carbons (Fsp3) is 0.231. The summed E-state index contributed by atoms with van der Waals surface area (Å²) in [6.45, 7) is 0. The first-order chi connectivity index (χ1) is 8.74. The van der Waals surface area contributed by atoms with E-state index in [0.29, 0.717) is 6.04 Å². The highest BCUT2D eigenvalue weighted by molar-refractivity contribution is 14.1. The van der Waals surface area contributed by atoms with Crippen molar-refractivity contribution in [3.63, 3.8) is 0 Å². The van der Waals surface area contributed by atoms with Gasteiger partial charge in [0.05, 0.1) is 9.61 Å². The lowest BCUT2D eigenvalue weighted by Gasteiger charge is -2.15. The molecule has 0 bridgehead atoms. The second kappa shape index (κ2) is 4.72. The molecule has 0 saturated heterocycles. The Balaban J connectivity index is 1.87. The summed E-state index contributed by atoms with van der Waals surface area (Å²) in [5.41, 5.74) is 9.33. The number of aryl methyl sites for hydroxylation is 1. The molecule has 3 N–H and O–H groups in total. The number of nitrogen functional groups attached to an aromatic ring is 1. The molecule has 1 aliphatic carbocycles. The summed E-state index contributed by atoms with van der Waals surface area (Å²) in [4.78, 5) is 8.28. The van der Waals surface area contributed by atoms with E-state index in [1.165, 1.54) is 11.1 Å². The fourth-order valence-corrected chi connectivity index (χ4v) is 2.83. The molecule has 1 unspecified atom stereocenters. The van der Waals surface area contributed by atoms with Gasteiger partial charge in [-0.05, 0) is 58.7 Å². The van der Waals surface area contributed by atoms with E-state index in [-0.39, 0.29) is 0 Å². The standard InChI is InChI=1S/C13H13IN4/c14-11-6-16-7-17-13(11)18-12-4-1-8-5-9(15)2-3-10(8)12/h2-3,5-7,12H,1,4,15H2,(H,16,17,18). The lowest BCUT2D eigenvalue weighted by atomic mass is 10.1. The second-order valence-corrected chi connectivity index (χ2v) is 5.58. The van der Waals surface area contributed by atoms with Gasteiger partial charge in [-0.3, -0.25) is 0 Å². The summed E-state index contributed by atoms with van der Waals surface area (Å²) in [7, 11) is 0. The molecule has 18 heavy (non-hydrogen) atoms. The van der Waals surface area contributed by atoms with Crippen molar-refractivity contribution in [1.82, 2.24) is 9.97 Å². The smallest absolute Gasteiger partial charge is 0.143 e. The predicted molar refractivity (Wildman–Crippen MR) is 80.3 cm³/mol. The normalized spacial score (nSPS) is 17.5. The van der Waals surface area contributed by atoms with Gasteiger partial charge in [0.25, 0.3) is 0 Å². The van der Waals surface area contributed by atoms with Crippen molar-refractivity contribution in [1.29, 1.82) is 0 Å². The van der Waals surface area contributed by atoms with Crippen LogP contribution in [0.5, 0.6) is 0 Å². The van der Waals surface area contributed by atoms with Crippen molar-refractivity contribution in [2.24, 2.45) is 0 Å². The Morgan fingerprint density at radius 2 is 2.28 bits per heavy atom. The summed E-state index contributed by atoms with van der Waals surface area (Å²) in [6.07, 6.45) is 5.54. The number of halogens is 1. The number of fused-ring (bicyclic) bond motifs is 1. The fourth-order valence-electron chi connectivity index (χ4n) is 2.37. The summed E-state index contributed by atoms with van der Waals surface area (Å²) >= 11 is 2.24. The number of anilines is 2. The molecule has 1 aromatic heterocycles. The van der Waals surface area contributed by atoms with Gasteiger partial charge < -0.3 is 11.1 Å². The van der Waals surface area contributed by atoms with Crippen molar-refractivity contribution in [3.8, 4) is 0 Å². The van der Waals surface area contributed by atoms with Crippen molar-refractivity contribution < 1.29 is 0 Å². The summed E-state index contributed by atoms with van der Waals surface area (Å²) in [5, 5.41) is 3.49. The molecule has 0 spiro atoms. The van der Waals surface area contributed by atoms with Crippen LogP contribution in [-0.4, -0.2) is 9.97 Å². The topological polar surface area (TPSA) is 63.8 Å². The minimum Gasteiger partial charge on any atom is -0.399 e. The van der Waals surface area contributed by atoms with Crippen molar-refractivity contribution in [2.45, 2.75) is 18.9 Å². The quantitative estimate of drug-likeness (QED) is 0.645. The molecule has 1 aliphatic rings. The lowest BCUT2D eigenvalue weighted by molar-refractivity contribution is 0.755. The minimum atomic E-state index is 0.323. The van der Waals surface area contributed by atoms with Gasteiger partial charge in [-0.2, -0.15) is 0 Å². The van der Waals surface area contributed by atoms with Crippen LogP contribution in [0.25, 0.3) is 0 Å². The van der Waals surface area contributed by atoms with Gasteiger partial charge in [0.2, 0.25) is 0 Å².